The van der Waals surface area contributed by atoms with Gasteiger partial charge in [0.1, 0.15) is 0 Å². The van der Waals surface area contributed by atoms with Gasteiger partial charge in [-0.1, -0.05) is 29.8 Å². The van der Waals surface area contributed by atoms with E-state index < -0.39 is 0 Å². The molecule has 0 bridgehead atoms. The summed E-state index contributed by atoms with van der Waals surface area (Å²) >= 11 is 0. The number of fused-ring (bicyclic) bond motifs is 1. The molecule has 0 amide bonds. The Morgan fingerprint density at radius 3 is 2.58 bits per heavy atom. The van der Waals surface area contributed by atoms with Gasteiger partial charge >= 0.3 is 0 Å². The molecule has 0 N–H and O–H groups in total. The number of nitrogens with zero attached hydrogens (tertiary/aromatic N) is 2. The molecule has 0 spiro atoms. The van der Waals surface area contributed by atoms with Crippen LogP contribution in [-0.4, -0.2) is 42.0 Å². The highest BCUT2D eigenvalue weighted by molar-refractivity contribution is 5.23. The summed E-state index contributed by atoms with van der Waals surface area (Å²) in [6.45, 7) is 9.68. The summed E-state index contributed by atoms with van der Waals surface area (Å²) in [6.07, 6.45) is 4.13. The first kappa shape index (κ1) is 13.1. The molecule has 0 aromatic heterocycles. The van der Waals surface area contributed by atoms with Crippen molar-refractivity contribution in [2.75, 3.05) is 26.2 Å². The Morgan fingerprint density at radius 1 is 1.05 bits per heavy atom. The smallest absolute Gasteiger partial charge is 0.0320 e. The summed E-state index contributed by atoms with van der Waals surface area (Å²) in [5, 5.41) is 0. The second kappa shape index (κ2) is 5.64. The minimum Gasteiger partial charge on any atom is -0.299 e. The zero-order valence-corrected chi connectivity index (χ0v) is 12.3. The standard InChI is InChI=1S/C17H26N2/c1-14-6-8-16(9-7-14)15(2)19-12-4-11-18-10-3-5-17(18)13-19/h6-9,15,17H,3-5,10-13H2,1-2H3. The van der Waals surface area contributed by atoms with Crippen LogP contribution in [0.15, 0.2) is 24.3 Å². The average molecular weight is 258 g/mol. The second-order valence-electron chi connectivity index (χ2n) is 6.27. The Labute approximate surface area is 117 Å². The van der Waals surface area contributed by atoms with E-state index in [0.29, 0.717) is 6.04 Å². The van der Waals surface area contributed by atoms with Gasteiger partial charge in [-0.05, 0) is 51.8 Å². The number of hydrogen-bond donors (Lipinski definition) is 0. The molecule has 0 radical (unpaired) electrons. The quantitative estimate of drug-likeness (QED) is 0.803. The molecule has 2 fully saturated rings. The first-order chi connectivity index (χ1) is 9.24. The summed E-state index contributed by atoms with van der Waals surface area (Å²) in [7, 11) is 0. The second-order valence-corrected chi connectivity index (χ2v) is 6.27. The largest absolute Gasteiger partial charge is 0.299 e. The van der Waals surface area contributed by atoms with Gasteiger partial charge in [-0.25, -0.2) is 0 Å². The molecule has 3 rings (SSSR count). The van der Waals surface area contributed by atoms with E-state index in [1.54, 1.807) is 0 Å². The Bertz CT molecular complexity index is 412. The molecule has 1 aromatic carbocycles. The molecule has 19 heavy (non-hydrogen) atoms. The van der Waals surface area contributed by atoms with Gasteiger partial charge in [0.2, 0.25) is 0 Å². The van der Waals surface area contributed by atoms with Crippen LogP contribution in [-0.2, 0) is 0 Å². The van der Waals surface area contributed by atoms with Crippen molar-refractivity contribution in [3.8, 4) is 0 Å². The highest BCUT2D eigenvalue weighted by Gasteiger charge is 2.30. The molecule has 2 heteroatoms. The molecule has 0 aliphatic carbocycles. The van der Waals surface area contributed by atoms with Crippen molar-refractivity contribution >= 4 is 0 Å². The van der Waals surface area contributed by atoms with E-state index in [9.17, 15) is 0 Å². The van der Waals surface area contributed by atoms with Crippen molar-refractivity contribution in [3.05, 3.63) is 35.4 Å². The van der Waals surface area contributed by atoms with Crippen LogP contribution in [0.2, 0.25) is 0 Å². The Kier molecular flexibility index (Phi) is 3.90. The molecule has 104 valence electrons. The Morgan fingerprint density at radius 2 is 1.79 bits per heavy atom. The van der Waals surface area contributed by atoms with Crippen molar-refractivity contribution in [1.82, 2.24) is 9.80 Å². The van der Waals surface area contributed by atoms with Crippen LogP contribution in [0.5, 0.6) is 0 Å². The lowest BCUT2D eigenvalue weighted by molar-refractivity contribution is 0.182. The predicted octanol–water partition coefficient (Wildman–Crippen LogP) is 3.23. The normalized spacial score (nSPS) is 26.9. The van der Waals surface area contributed by atoms with Gasteiger partial charge in [-0.2, -0.15) is 0 Å². The highest BCUT2D eigenvalue weighted by atomic mass is 15.3. The maximum Gasteiger partial charge on any atom is 0.0320 e. The van der Waals surface area contributed by atoms with Gasteiger partial charge in [-0.3, -0.25) is 9.80 Å². The minimum absolute atomic E-state index is 0.557. The summed E-state index contributed by atoms with van der Waals surface area (Å²) in [5.74, 6) is 0. The van der Waals surface area contributed by atoms with Gasteiger partial charge in [0.25, 0.3) is 0 Å². The summed E-state index contributed by atoms with van der Waals surface area (Å²) in [4.78, 5) is 5.41. The zero-order chi connectivity index (χ0) is 13.2. The van der Waals surface area contributed by atoms with Crippen molar-refractivity contribution in [1.29, 1.82) is 0 Å². The first-order valence-electron chi connectivity index (χ1n) is 7.79. The Hall–Kier alpha value is -0.860. The van der Waals surface area contributed by atoms with Crippen molar-refractivity contribution in [2.24, 2.45) is 0 Å². The molecule has 2 nitrogen and oxygen atoms in total. The maximum atomic E-state index is 2.71. The van der Waals surface area contributed by atoms with Crippen molar-refractivity contribution in [3.63, 3.8) is 0 Å². The molecule has 1 aromatic rings. The molecule has 2 saturated heterocycles. The monoisotopic (exact) mass is 258 g/mol. The van der Waals surface area contributed by atoms with E-state index in [1.807, 2.05) is 0 Å². The molecule has 2 unspecified atom stereocenters. The minimum atomic E-state index is 0.557. The third-order valence-corrected chi connectivity index (χ3v) is 4.94. The van der Waals surface area contributed by atoms with E-state index in [1.165, 1.54) is 56.6 Å². The van der Waals surface area contributed by atoms with Gasteiger partial charge in [-0.15, -0.1) is 0 Å². The lowest BCUT2D eigenvalue weighted by Crippen LogP contribution is -2.37. The molecule has 0 saturated carbocycles. The highest BCUT2D eigenvalue weighted by Crippen LogP contribution is 2.27. The zero-order valence-electron chi connectivity index (χ0n) is 12.3. The fraction of sp³-hybridized carbons (Fsp3) is 0.647. The van der Waals surface area contributed by atoms with Crippen LogP contribution in [0.1, 0.15) is 43.4 Å². The van der Waals surface area contributed by atoms with Crippen LogP contribution in [0.4, 0.5) is 0 Å². The van der Waals surface area contributed by atoms with Crippen LogP contribution in [0.25, 0.3) is 0 Å². The van der Waals surface area contributed by atoms with Crippen LogP contribution in [0, 0.1) is 6.92 Å². The van der Waals surface area contributed by atoms with Crippen LogP contribution in [0.3, 0.4) is 0 Å². The van der Waals surface area contributed by atoms with E-state index >= 15 is 0 Å². The molecular formula is C17H26N2. The number of rotatable bonds is 2. The van der Waals surface area contributed by atoms with Gasteiger partial charge in [0.15, 0.2) is 0 Å². The van der Waals surface area contributed by atoms with E-state index in [2.05, 4.69) is 47.9 Å². The third-order valence-electron chi connectivity index (χ3n) is 4.94. The van der Waals surface area contributed by atoms with Crippen LogP contribution < -0.4 is 0 Å². The number of aryl methyl sites for hydroxylation is 1. The lowest BCUT2D eigenvalue weighted by Gasteiger charge is -2.31. The van der Waals surface area contributed by atoms with Gasteiger partial charge in [0.05, 0.1) is 0 Å². The third kappa shape index (κ3) is 2.85. The maximum absolute atomic E-state index is 2.71. The van der Waals surface area contributed by atoms with Gasteiger partial charge in [0, 0.05) is 25.2 Å². The van der Waals surface area contributed by atoms with Crippen molar-refractivity contribution in [2.45, 2.75) is 45.2 Å². The number of benzene rings is 1. The molecule has 2 atom stereocenters. The summed E-state index contributed by atoms with van der Waals surface area (Å²) in [5.41, 5.74) is 2.82. The molecular weight excluding hydrogens is 232 g/mol. The SMILES string of the molecule is Cc1ccc(C(C)N2CCCN3CCCC3C2)cc1. The first-order valence-corrected chi connectivity index (χ1v) is 7.79. The summed E-state index contributed by atoms with van der Waals surface area (Å²) < 4.78 is 0. The topological polar surface area (TPSA) is 6.48 Å². The van der Waals surface area contributed by atoms with E-state index in [-0.39, 0.29) is 0 Å². The molecule has 2 heterocycles. The molecule has 2 aliphatic heterocycles. The molecule has 2 aliphatic rings. The fourth-order valence-corrected chi connectivity index (χ4v) is 3.64. The van der Waals surface area contributed by atoms with Gasteiger partial charge < -0.3 is 0 Å². The predicted molar refractivity (Wildman–Crippen MR) is 80.4 cm³/mol. The Balaban J connectivity index is 1.71. The number of hydrogen-bond acceptors (Lipinski definition) is 2. The van der Waals surface area contributed by atoms with E-state index in [0.717, 1.165) is 6.04 Å². The summed E-state index contributed by atoms with van der Waals surface area (Å²) in [6, 6.07) is 10.5. The fourth-order valence-electron chi connectivity index (χ4n) is 3.64. The van der Waals surface area contributed by atoms with Crippen LogP contribution >= 0.6 is 0 Å². The van der Waals surface area contributed by atoms with E-state index in [4.69, 9.17) is 0 Å². The average Bonchev–Trinajstić information content (AvgIpc) is 2.76. The lowest BCUT2D eigenvalue weighted by atomic mass is 10.0. The van der Waals surface area contributed by atoms with Crippen molar-refractivity contribution < 1.29 is 0 Å².